The van der Waals surface area contributed by atoms with Crippen LogP contribution in [-0.4, -0.2) is 31.8 Å². The maximum Gasteiger partial charge on any atom is 0.260 e. The summed E-state index contributed by atoms with van der Waals surface area (Å²) >= 11 is 11.9. The van der Waals surface area contributed by atoms with Crippen LogP contribution in [0.2, 0.25) is 10.0 Å². The summed E-state index contributed by atoms with van der Waals surface area (Å²) in [4.78, 5) is 12.2. The van der Waals surface area contributed by atoms with Gasteiger partial charge in [0, 0.05) is 11.6 Å². The van der Waals surface area contributed by atoms with Gasteiger partial charge in [-0.15, -0.1) is 0 Å². The first-order valence-electron chi connectivity index (χ1n) is 8.31. The van der Waals surface area contributed by atoms with E-state index in [4.69, 9.17) is 37.4 Å². The summed E-state index contributed by atoms with van der Waals surface area (Å²) in [5.74, 6) is 1.71. The van der Waals surface area contributed by atoms with E-state index in [1.165, 1.54) is 0 Å². The Morgan fingerprint density at radius 3 is 2.69 bits per heavy atom. The number of rotatable bonds is 6. The molecule has 1 atom stereocenters. The molecule has 138 valence electrons. The van der Waals surface area contributed by atoms with Gasteiger partial charge >= 0.3 is 0 Å². The summed E-state index contributed by atoms with van der Waals surface area (Å²) in [6.45, 7) is 3.28. The van der Waals surface area contributed by atoms with Gasteiger partial charge in [0.2, 0.25) is 0 Å². The summed E-state index contributed by atoms with van der Waals surface area (Å²) in [6.07, 6.45) is 0.00511. The molecule has 1 heterocycles. The van der Waals surface area contributed by atoms with Gasteiger partial charge in [0.05, 0.1) is 5.02 Å². The SMILES string of the molecule is CC(Oc1ccc(Cl)cc1Cl)C(=O)NCCc1ccc2c(c1)OCCO2. The molecule has 1 aliphatic heterocycles. The van der Waals surface area contributed by atoms with E-state index in [1.807, 2.05) is 18.2 Å². The molecular weight excluding hydrogens is 377 g/mol. The standard InChI is InChI=1S/C19H19Cl2NO4/c1-12(26-16-5-3-14(20)11-15(16)21)19(23)22-7-6-13-2-4-17-18(10-13)25-9-8-24-17/h2-5,10-12H,6-9H2,1H3,(H,22,23). The van der Waals surface area contributed by atoms with Crippen molar-refractivity contribution in [2.24, 2.45) is 0 Å². The zero-order valence-corrected chi connectivity index (χ0v) is 15.8. The highest BCUT2D eigenvalue weighted by Gasteiger charge is 2.16. The number of fused-ring (bicyclic) bond motifs is 1. The third-order valence-electron chi connectivity index (χ3n) is 3.89. The van der Waals surface area contributed by atoms with Gasteiger partial charge in [-0.1, -0.05) is 29.3 Å². The molecule has 3 rings (SSSR count). The fourth-order valence-electron chi connectivity index (χ4n) is 2.53. The maximum atomic E-state index is 12.2. The van der Waals surface area contributed by atoms with Crippen LogP contribution in [0, 0.1) is 0 Å². The van der Waals surface area contributed by atoms with Crippen LogP contribution < -0.4 is 19.5 Å². The molecule has 1 amide bonds. The van der Waals surface area contributed by atoms with Crippen LogP contribution in [-0.2, 0) is 11.2 Å². The lowest BCUT2D eigenvalue weighted by molar-refractivity contribution is -0.127. The normalized spacial score (nSPS) is 13.8. The maximum absolute atomic E-state index is 12.2. The average molecular weight is 396 g/mol. The Labute approximate surface area is 162 Å². The van der Waals surface area contributed by atoms with Crippen LogP contribution in [0.15, 0.2) is 36.4 Å². The molecule has 2 aromatic carbocycles. The minimum absolute atomic E-state index is 0.214. The van der Waals surface area contributed by atoms with Crippen molar-refractivity contribution in [1.29, 1.82) is 0 Å². The first-order valence-corrected chi connectivity index (χ1v) is 9.06. The fourth-order valence-corrected chi connectivity index (χ4v) is 2.98. The molecule has 0 fully saturated rings. The van der Waals surface area contributed by atoms with E-state index in [0.29, 0.717) is 42.0 Å². The van der Waals surface area contributed by atoms with E-state index in [2.05, 4.69) is 5.32 Å². The van der Waals surface area contributed by atoms with Crippen LogP contribution >= 0.6 is 23.2 Å². The Hall–Kier alpha value is -2.11. The number of hydrogen-bond donors (Lipinski definition) is 1. The van der Waals surface area contributed by atoms with E-state index in [1.54, 1.807) is 25.1 Å². The molecule has 0 saturated heterocycles. The van der Waals surface area contributed by atoms with Crippen molar-refractivity contribution >= 4 is 29.1 Å². The van der Waals surface area contributed by atoms with Crippen molar-refractivity contribution in [1.82, 2.24) is 5.32 Å². The molecule has 1 unspecified atom stereocenters. The molecule has 26 heavy (non-hydrogen) atoms. The number of benzene rings is 2. The summed E-state index contributed by atoms with van der Waals surface area (Å²) in [6, 6.07) is 10.7. The quantitative estimate of drug-likeness (QED) is 0.805. The Morgan fingerprint density at radius 1 is 1.15 bits per heavy atom. The van der Waals surface area contributed by atoms with Gasteiger partial charge in [-0.05, 0) is 49.2 Å². The molecule has 2 aromatic rings. The molecule has 0 saturated carbocycles. The first kappa shape index (κ1) is 18.7. The number of carbonyl (C=O) groups excluding carboxylic acids is 1. The molecule has 1 N–H and O–H groups in total. The number of carbonyl (C=O) groups is 1. The van der Waals surface area contributed by atoms with Crippen molar-refractivity contribution in [3.63, 3.8) is 0 Å². The smallest absolute Gasteiger partial charge is 0.260 e. The van der Waals surface area contributed by atoms with Gasteiger partial charge in [0.25, 0.3) is 5.91 Å². The van der Waals surface area contributed by atoms with Crippen LogP contribution in [0.5, 0.6) is 17.2 Å². The van der Waals surface area contributed by atoms with E-state index in [0.717, 1.165) is 17.1 Å². The lowest BCUT2D eigenvalue weighted by Crippen LogP contribution is -2.37. The second kappa shape index (κ2) is 8.52. The Bertz CT molecular complexity index is 797. The molecule has 5 nitrogen and oxygen atoms in total. The Balaban J connectivity index is 1.49. The van der Waals surface area contributed by atoms with Crippen molar-refractivity contribution in [2.75, 3.05) is 19.8 Å². The first-order chi connectivity index (χ1) is 12.5. The second-order valence-corrected chi connectivity index (χ2v) is 6.70. The molecule has 0 radical (unpaired) electrons. The predicted molar refractivity (Wildman–Crippen MR) is 101 cm³/mol. The number of hydrogen-bond acceptors (Lipinski definition) is 4. The van der Waals surface area contributed by atoms with Gasteiger partial charge in [0.15, 0.2) is 17.6 Å². The molecule has 0 aliphatic carbocycles. The molecule has 0 aromatic heterocycles. The highest BCUT2D eigenvalue weighted by Crippen LogP contribution is 2.31. The van der Waals surface area contributed by atoms with Gasteiger partial charge in [0.1, 0.15) is 19.0 Å². The lowest BCUT2D eigenvalue weighted by atomic mass is 10.1. The third-order valence-corrected chi connectivity index (χ3v) is 4.42. The van der Waals surface area contributed by atoms with Gasteiger partial charge in [-0.25, -0.2) is 0 Å². The van der Waals surface area contributed by atoms with Crippen molar-refractivity contribution in [2.45, 2.75) is 19.4 Å². The number of nitrogens with one attached hydrogen (secondary N) is 1. The Kier molecular flexibility index (Phi) is 6.12. The van der Waals surface area contributed by atoms with Crippen LogP contribution in [0.3, 0.4) is 0 Å². The van der Waals surface area contributed by atoms with E-state index in [-0.39, 0.29) is 5.91 Å². The summed E-state index contributed by atoms with van der Waals surface area (Å²) in [5, 5.41) is 3.74. The molecular formula is C19H19Cl2NO4. The minimum atomic E-state index is -0.672. The van der Waals surface area contributed by atoms with Crippen molar-refractivity contribution in [3.05, 3.63) is 52.0 Å². The van der Waals surface area contributed by atoms with Gasteiger partial charge in [-0.3, -0.25) is 4.79 Å². The van der Waals surface area contributed by atoms with Crippen molar-refractivity contribution < 1.29 is 19.0 Å². The van der Waals surface area contributed by atoms with Crippen LogP contribution in [0.1, 0.15) is 12.5 Å². The van der Waals surface area contributed by atoms with E-state index in [9.17, 15) is 4.79 Å². The van der Waals surface area contributed by atoms with E-state index < -0.39 is 6.10 Å². The monoisotopic (exact) mass is 395 g/mol. The average Bonchev–Trinajstić information content (AvgIpc) is 2.63. The Morgan fingerprint density at radius 2 is 1.92 bits per heavy atom. The van der Waals surface area contributed by atoms with Crippen LogP contribution in [0.4, 0.5) is 0 Å². The number of ether oxygens (including phenoxy) is 3. The van der Waals surface area contributed by atoms with Gasteiger partial charge in [-0.2, -0.15) is 0 Å². The lowest BCUT2D eigenvalue weighted by Gasteiger charge is -2.19. The highest BCUT2D eigenvalue weighted by molar-refractivity contribution is 6.35. The summed E-state index contributed by atoms with van der Waals surface area (Å²) in [7, 11) is 0. The molecule has 0 spiro atoms. The second-order valence-electron chi connectivity index (χ2n) is 5.85. The minimum Gasteiger partial charge on any atom is -0.486 e. The largest absolute Gasteiger partial charge is 0.486 e. The fraction of sp³-hybridized carbons (Fsp3) is 0.316. The summed E-state index contributed by atoms with van der Waals surface area (Å²) < 4.78 is 16.7. The number of amides is 1. The summed E-state index contributed by atoms with van der Waals surface area (Å²) in [5.41, 5.74) is 1.06. The zero-order chi connectivity index (χ0) is 18.5. The number of halogens is 2. The van der Waals surface area contributed by atoms with Crippen molar-refractivity contribution in [3.8, 4) is 17.2 Å². The highest BCUT2D eigenvalue weighted by atomic mass is 35.5. The van der Waals surface area contributed by atoms with Gasteiger partial charge < -0.3 is 19.5 Å². The molecule has 7 heteroatoms. The molecule has 1 aliphatic rings. The van der Waals surface area contributed by atoms with E-state index >= 15 is 0 Å². The topological polar surface area (TPSA) is 56.8 Å². The molecule has 0 bridgehead atoms. The van der Waals surface area contributed by atoms with Crippen LogP contribution in [0.25, 0.3) is 0 Å². The predicted octanol–water partition coefficient (Wildman–Crippen LogP) is 3.89. The third kappa shape index (κ3) is 4.74. The zero-order valence-electron chi connectivity index (χ0n) is 14.3.